The molecule has 0 spiro atoms. The first kappa shape index (κ1) is 16.5. The molecule has 1 amide bonds. The van der Waals surface area contributed by atoms with Crippen LogP contribution in [0.15, 0.2) is 24.3 Å². The number of carbonyl (C=O) groups excluding carboxylic acids is 1. The Morgan fingerprint density at radius 1 is 1.40 bits per heavy atom. The van der Waals surface area contributed by atoms with Gasteiger partial charge >= 0.3 is 5.97 Å². The van der Waals surface area contributed by atoms with Crippen molar-refractivity contribution in [3.05, 3.63) is 39.9 Å². The SMILES string of the molecule is CCC(C(=O)O)N(C)C(=O)C=Cc1cc(Cl)ccc1Cl. The minimum atomic E-state index is -1.03. The largest absolute Gasteiger partial charge is 0.480 e. The van der Waals surface area contributed by atoms with Crippen LogP contribution in [0.5, 0.6) is 0 Å². The van der Waals surface area contributed by atoms with Crippen LogP contribution in [0.1, 0.15) is 18.9 Å². The Kier molecular flexibility index (Phi) is 6.05. The van der Waals surface area contributed by atoms with Gasteiger partial charge in [0.1, 0.15) is 6.04 Å². The summed E-state index contributed by atoms with van der Waals surface area (Å²) < 4.78 is 0. The summed E-state index contributed by atoms with van der Waals surface area (Å²) in [5, 5.41) is 9.97. The Balaban J connectivity index is 2.86. The second-order valence-electron chi connectivity index (χ2n) is 4.21. The average Bonchev–Trinajstić information content (AvgIpc) is 2.39. The van der Waals surface area contributed by atoms with Crippen molar-refractivity contribution in [1.29, 1.82) is 0 Å². The van der Waals surface area contributed by atoms with Crippen molar-refractivity contribution in [2.75, 3.05) is 7.05 Å². The van der Waals surface area contributed by atoms with Crippen molar-refractivity contribution in [1.82, 2.24) is 4.90 Å². The number of hydrogen-bond donors (Lipinski definition) is 1. The maximum atomic E-state index is 11.9. The Morgan fingerprint density at radius 2 is 2.05 bits per heavy atom. The normalized spacial score (nSPS) is 12.4. The summed E-state index contributed by atoms with van der Waals surface area (Å²) in [5.74, 6) is -1.44. The fourth-order valence-electron chi connectivity index (χ4n) is 1.69. The van der Waals surface area contributed by atoms with Crippen LogP contribution in [0, 0.1) is 0 Å². The maximum Gasteiger partial charge on any atom is 0.326 e. The second kappa shape index (κ2) is 7.31. The zero-order chi connectivity index (χ0) is 15.3. The third-order valence-electron chi connectivity index (χ3n) is 2.85. The van der Waals surface area contributed by atoms with Gasteiger partial charge < -0.3 is 10.0 Å². The van der Waals surface area contributed by atoms with E-state index in [4.69, 9.17) is 28.3 Å². The highest BCUT2D eigenvalue weighted by Crippen LogP contribution is 2.21. The van der Waals surface area contributed by atoms with E-state index in [-0.39, 0.29) is 0 Å². The lowest BCUT2D eigenvalue weighted by Crippen LogP contribution is -2.41. The lowest BCUT2D eigenvalue weighted by atomic mass is 10.2. The Bertz CT molecular complexity index is 543. The number of aliphatic carboxylic acids is 1. The molecule has 0 aromatic heterocycles. The van der Waals surface area contributed by atoms with Gasteiger partial charge in [-0.25, -0.2) is 4.79 Å². The zero-order valence-electron chi connectivity index (χ0n) is 11.1. The van der Waals surface area contributed by atoms with E-state index in [1.807, 2.05) is 0 Å². The Hall–Kier alpha value is -1.52. The van der Waals surface area contributed by atoms with Gasteiger partial charge in [-0.05, 0) is 36.3 Å². The molecule has 0 saturated carbocycles. The number of carboxylic acids is 1. The number of halogens is 2. The molecule has 1 aromatic carbocycles. The van der Waals surface area contributed by atoms with Crippen molar-refractivity contribution in [2.45, 2.75) is 19.4 Å². The molecular weight excluding hydrogens is 301 g/mol. The molecule has 6 heteroatoms. The Morgan fingerprint density at radius 3 is 2.60 bits per heavy atom. The van der Waals surface area contributed by atoms with Gasteiger partial charge in [0.05, 0.1) is 0 Å². The van der Waals surface area contributed by atoms with Crippen molar-refractivity contribution in [3.63, 3.8) is 0 Å². The van der Waals surface area contributed by atoms with Crippen molar-refractivity contribution >= 4 is 41.2 Å². The molecule has 1 N–H and O–H groups in total. The predicted molar refractivity (Wildman–Crippen MR) is 80.0 cm³/mol. The standard InChI is InChI=1S/C14H15Cl2NO3/c1-3-12(14(19)20)17(2)13(18)7-4-9-8-10(15)5-6-11(9)16/h4-8,12H,3H2,1-2H3,(H,19,20). The van der Waals surface area contributed by atoms with Crippen molar-refractivity contribution in [3.8, 4) is 0 Å². The molecule has 108 valence electrons. The molecule has 1 atom stereocenters. The molecule has 1 unspecified atom stereocenters. The number of rotatable bonds is 5. The topological polar surface area (TPSA) is 57.6 Å². The monoisotopic (exact) mass is 315 g/mol. The fraction of sp³-hybridized carbons (Fsp3) is 0.286. The molecular formula is C14H15Cl2NO3. The summed E-state index contributed by atoms with van der Waals surface area (Å²) in [5.41, 5.74) is 0.601. The van der Waals surface area contributed by atoms with E-state index in [9.17, 15) is 9.59 Å². The van der Waals surface area contributed by atoms with Gasteiger partial charge in [-0.15, -0.1) is 0 Å². The van der Waals surface area contributed by atoms with E-state index in [0.29, 0.717) is 22.0 Å². The minimum Gasteiger partial charge on any atom is -0.480 e. The molecule has 0 aliphatic carbocycles. The summed E-state index contributed by atoms with van der Waals surface area (Å²) in [7, 11) is 1.45. The van der Waals surface area contributed by atoms with E-state index in [0.717, 1.165) is 0 Å². The number of benzene rings is 1. The predicted octanol–water partition coefficient (Wildman–Crippen LogP) is 3.33. The van der Waals surface area contributed by atoms with E-state index in [1.54, 1.807) is 25.1 Å². The third kappa shape index (κ3) is 4.25. The van der Waals surface area contributed by atoms with E-state index >= 15 is 0 Å². The van der Waals surface area contributed by atoms with Gasteiger partial charge in [-0.3, -0.25) is 4.79 Å². The molecule has 1 aromatic rings. The Labute approximate surface area is 127 Å². The van der Waals surface area contributed by atoms with Crippen LogP contribution in [0.25, 0.3) is 6.08 Å². The van der Waals surface area contributed by atoms with Gasteiger partial charge in [0.15, 0.2) is 0 Å². The lowest BCUT2D eigenvalue weighted by Gasteiger charge is -2.22. The first-order valence-corrected chi connectivity index (χ1v) is 6.75. The van der Waals surface area contributed by atoms with Crippen LogP contribution in [-0.2, 0) is 9.59 Å². The third-order valence-corrected chi connectivity index (χ3v) is 3.43. The first-order valence-electron chi connectivity index (χ1n) is 5.99. The second-order valence-corrected chi connectivity index (χ2v) is 5.05. The van der Waals surface area contributed by atoms with Crippen molar-refractivity contribution in [2.24, 2.45) is 0 Å². The van der Waals surface area contributed by atoms with Crippen LogP contribution in [0.3, 0.4) is 0 Å². The minimum absolute atomic E-state index is 0.337. The van der Waals surface area contributed by atoms with E-state index in [2.05, 4.69) is 0 Å². The summed E-state index contributed by atoms with van der Waals surface area (Å²) in [6.07, 6.45) is 3.13. The number of hydrogen-bond acceptors (Lipinski definition) is 2. The molecule has 1 rings (SSSR count). The van der Waals surface area contributed by atoms with Gasteiger partial charge in [-0.2, -0.15) is 0 Å². The number of nitrogens with zero attached hydrogens (tertiary/aromatic N) is 1. The number of likely N-dealkylation sites (N-methyl/N-ethyl adjacent to an activating group) is 1. The number of amides is 1. The average molecular weight is 316 g/mol. The van der Waals surface area contributed by atoms with Gasteiger partial charge in [0.2, 0.25) is 5.91 Å². The fourth-order valence-corrected chi connectivity index (χ4v) is 2.05. The molecule has 4 nitrogen and oxygen atoms in total. The maximum absolute atomic E-state index is 11.9. The van der Waals surface area contributed by atoms with Crippen LogP contribution >= 0.6 is 23.2 Å². The molecule has 0 aliphatic rings. The highest BCUT2D eigenvalue weighted by atomic mass is 35.5. The molecule has 0 fully saturated rings. The van der Waals surface area contributed by atoms with E-state index < -0.39 is 17.9 Å². The first-order chi connectivity index (χ1) is 9.36. The van der Waals surface area contributed by atoms with Gasteiger partial charge in [-0.1, -0.05) is 30.1 Å². The van der Waals surface area contributed by atoms with Gasteiger partial charge in [0.25, 0.3) is 0 Å². The lowest BCUT2D eigenvalue weighted by molar-refractivity contribution is -0.147. The molecule has 0 heterocycles. The highest BCUT2D eigenvalue weighted by molar-refractivity contribution is 6.34. The highest BCUT2D eigenvalue weighted by Gasteiger charge is 2.23. The quantitative estimate of drug-likeness (QED) is 0.848. The molecule has 20 heavy (non-hydrogen) atoms. The summed E-state index contributed by atoms with van der Waals surface area (Å²) in [6, 6.07) is 4.06. The van der Waals surface area contributed by atoms with Crippen LogP contribution in [-0.4, -0.2) is 35.0 Å². The number of carbonyl (C=O) groups is 2. The molecule has 0 radical (unpaired) electrons. The number of carboxylic acid groups (broad SMARTS) is 1. The van der Waals surface area contributed by atoms with E-state index in [1.165, 1.54) is 24.1 Å². The van der Waals surface area contributed by atoms with Gasteiger partial charge in [0, 0.05) is 23.2 Å². The van der Waals surface area contributed by atoms with Crippen LogP contribution < -0.4 is 0 Å². The molecule has 0 aliphatic heterocycles. The summed E-state index contributed by atoms with van der Waals surface area (Å²) >= 11 is 11.8. The summed E-state index contributed by atoms with van der Waals surface area (Å²) in [4.78, 5) is 24.1. The smallest absolute Gasteiger partial charge is 0.326 e. The van der Waals surface area contributed by atoms with Crippen LogP contribution in [0.2, 0.25) is 10.0 Å². The summed E-state index contributed by atoms with van der Waals surface area (Å²) in [6.45, 7) is 1.71. The molecule has 0 saturated heterocycles. The molecule has 0 bridgehead atoms. The zero-order valence-corrected chi connectivity index (χ0v) is 12.6. The van der Waals surface area contributed by atoms with Crippen molar-refractivity contribution < 1.29 is 14.7 Å². The van der Waals surface area contributed by atoms with Crippen LogP contribution in [0.4, 0.5) is 0 Å².